The maximum atomic E-state index is 13.2. The molecule has 66 valence electrons. The summed E-state index contributed by atoms with van der Waals surface area (Å²) in [5.74, 6) is 0.394. The molecule has 0 bridgehead atoms. The molecule has 0 atom stereocenters. The first kappa shape index (κ1) is 10.2. The second-order valence-electron chi connectivity index (χ2n) is 2.11. The normalized spacial score (nSPS) is 10.3. The molecule has 0 N–H and O–H groups in total. The molecule has 4 heteroatoms. The molecule has 0 saturated heterocycles. The first-order valence-electron chi connectivity index (χ1n) is 3.43. The second-order valence-corrected chi connectivity index (χ2v) is 4.20. The molecule has 0 aromatic heterocycles. The van der Waals surface area contributed by atoms with Gasteiger partial charge in [-0.15, -0.1) is 11.8 Å². The number of halogens is 3. The van der Waals surface area contributed by atoms with Crippen molar-refractivity contribution in [3.05, 3.63) is 28.0 Å². The summed E-state index contributed by atoms with van der Waals surface area (Å²) in [6, 6.07) is 3.24. The van der Waals surface area contributed by atoms with Crippen LogP contribution < -0.4 is 0 Å². The maximum Gasteiger partial charge on any atom is 0.156 e. The lowest BCUT2D eigenvalue weighted by atomic mass is 10.3. The van der Waals surface area contributed by atoms with Gasteiger partial charge in [-0.2, -0.15) is 0 Å². The van der Waals surface area contributed by atoms with Crippen molar-refractivity contribution in [1.29, 1.82) is 0 Å². The van der Waals surface area contributed by atoms with E-state index in [1.54, 1.807) is 12.1 Å². The molecule has 1 aromatic rings. The highest BCUT2D eigenvalue weighted by molar-refractivity contribution is 7.99. The van der Waals surface area contributed by atoms with Crippen molar-refractivity contribution in [2.75, 3.05) is 5.75 Å². The van der Waals surface area contributed by atoms with E-state index in [0.29, 0.717) is 4.90 Å². The van der Waals surface area contributed by atoms with Crippen LogP contribution in [0.4, 0.5) is 4.39 Å². The van der Waals surface area contributed by atoms with Crippen LogP contribution in [-0.4, -0.2) is 5.75 Å². The van der Waals surface area contributed by atoms with Gasteiger partial charge in [0.1, 0.15) is 0 Å². The highest BCUT2D eigenvalue weighted by Gasteiger charge is 2.09. The fourth-order valence-corrected chi connectivity index (χ4v) is 1.85. The lowest BCUT2D eigenvalue weighted by Crippen LogP contribution is -1.83. The molecule has 0 saturated carbocycles. The van der Waals surface area contributed by atoms with E-state index in [9.17, 15) is 4.39 Å². The molecular formula is C8H7Cl2FS. The molecule has 0 unspecified atom stereocenters. The van der Waals surface area contributed by atoms with Gasteiger partial charge in [0.05, 0.1) is 10.0 Å². The molecular weight excluding hydrogens is 218 g/mol. The van der Waals surface area contributed by atoms with Crippen LogP contribution in [0.3, 0.4) is 0 Å². The summed E-state index contributed by atoms with van der Waals surface area (Å²) < 4.78 is 13.2. The molecule has 0 fully saturated rings. The predicted octanol–water partition coefficient (Wildman–Crippen LogP) is 4.24. The summed E-state index contributed by atoms with van der Waals surface area (Å²) >= 11 is 12.6. The maximum absolute atomic E-state index is 13.2. The number of thioether (sulfide) groups is 1. The summed E-state index contributed by atoms with van der Waals surface area (Å²) in [6.07, 6.45) is 0. The topological polar surface area (TPSA) is 0 Å². The van der Waals surface area contributed by atoms with Crippen molar-refractivity contribution >= 4 is 35.0 Å². The minimum absolute atomic E-state index is 0.00937. The Kier molecular flexibility index (Phi) is 3.69. The van der Waals surface area contributed by atoms with Gasteiger partial charge in [-0.3, -0.25) is 0 Å². The van der Waals surface area contributed by atoms with E-state index in [2.05, 4.69) is 0 Å². The van der Waals surface area contributed by atoms with Crippen LogP contribution in [0, 0.1) is 5.82 Å². The van der Waals surface area contributed by atoms with Crippen molar-refractivity contribution in [2.45, 2.75) is 11.8 Å². The van der Waals surface area contributed by atoms with E-state index in [1.165, 1.54) is 11.8 Å². The van der Waals surface area contributed by atoms with Crippen molar-refractivity contribution < 1.29 is 4.39 Å². The summed E-state index contributed by atoms with van der Waals surface area (Å²) in [5.41, 5.74) is 0. The van der Waals surface area contributed by atoms with E-state index >= 15 is 0 Å². The number of hydrogen-bond acceptors (Lipinski definition) is 1. The minimum atomic E-state index is -0.420. The summed E-state index contributed by atoms with van der Waals surface area (Å²) in [7, 11) is 0. The van der Waals surface area contributed by atoms with Gasteiger partial charge >= 0.3 is 0 Å². The SMILES string of the molecule is CCSc1ccc(Cl)c(Cl)c1F. The molecule has 0 aliphatic carbocycles. The van der Waals surface area contributed by atoms with E-state index < -0.39 is 5.82 Å². The van der Waals surface area contributed by atoms with Crippen molar-refractivity contribution in [3.63, 3.8) is 0 Å². The molecule has 0 amide bonds. The Balaban J connectivity index is 3.08. The molecule has 0 spiro atoms. The van der Waals surface area contributed by atoms with Gasteiger partial charge in [-0.25, -0.2) is 4.39 Å². The van der Waals surface area contributed by atoms with Gasteiger partial charge in [0, 0.05) is 4.90 Å². The van der Waals surface area contributed by atoms with Gasteiger partial charge in [-0.1, -0.05) is 30.1 Å². The van der Waals surface area contributed by atoms with E-state index in [0.717, 1.165) is 5.75 Å². The molecule has 1 aromatic carbocycles. The second kappa shape index (κ2) is 4.35. The fraction of sp³-hybridized carbons (Fsp3) is 0.250. The average Bonchev–Trinajstić information content (AvgIpc) is 2.07. The molecule has 12 heavy (non-hydrogen) atoms. The standard InChI is InChI=1S/C8H7Cl2FS/c1-2-12-6-4-3-5(9)7(10)8(6)11/h3-4H,2H2,1H3. The summed E-state index contributed by atoms with van der Waals surface area (Å²) in [4.78, 5) is 0.548. The van der Waals surface area contributed by atoms with Gasteiger partial charge in [0.15, 0.2) is 5.82 Å². The largest absolute Gasteiger partial charge is 0.204 e. The van der Waals surface area contributed by atoms with Crippen molar-refractivity contribution in [2.24, 2.45) is 0 Å². The third-order valence-corrected chi connectivity index (χ3v) is 3.00. The van der Waals surface area contributed by atoms with Crippen molar-refractivity contribution in [3.8, 4) is 0 Å². The Hall–Kier alpha value is 0.0800. The van der Waals surface area contributed by atoms with Crippen LogP contribution in [0.25, 0.3) is 0 Å². The predicted molar refractivity (Wildman–Crippen MR) is 52.8 cm³/mol. The van der Waals surface area contributed by atoms with Crippen LogP contribution in [0.5, 0.6) is 0 Å². The molecule has 0 aliphatic rings. The Morgan fingerprint density at radius 1 is 1.42 bits per heavy atom. The number of hydrogen-bond donors (Lipinski definition) is 0. The van der Waals surface area contributed by atoms with E-state index in [1.807, 2.05) is 6.92 Å². The smallest absolute Gasteiger partial charge is 0.156 e. The molecule has 0 heterocycles. The highest BCUT2D eigenvalue weighted by atomic mass is 35.5. The molecule has 0 nitrogen and oxygen atoms in total. The fourth-order valence-electron chi connectivity index (χ4n) is 0.775. The first-order chi connectivity index (χ1) is 5.66. The zero-order valence-corrected chi connectivity index (χ0v) is 8.73. The van der Waals surface area contributed by atoms with Crippen molar-refractivity contribution in [1.82, 2.24) is 0 Å². The van der Waals surface area contributed by atoms with Crippen LogP contribution in [0.2, 0.25) is 10.0 Å². The van der Waals surface area contributed by atoms with Crippen LogP contribution in [-0.2, 0) is 0 Å². The Morgan fingerprint density at radius 2 is 2.08 bits per heavy atom. The average molecular weight is 225 g/mol. The van der Waals surface area contributed by atoms with Crippen LogP contribution in [0.1, 0.15) is 6.92 Å². The summed E-state index contributed by atoms with van der Waals surface area (Å²) in [6.45, 7) is 1.95. The minimum Gasteiger partial charge on any atom is -0.204 e. The monoisotopic (exact) mass is 224 g/mol. The number of rotatable bonds is 2. The molecule has 0 aliphatic heterocycles. The lowest BCUT2D eigenvalue weighted by molar-refractivity contribution is 0.602. The number of benzene rings is 1. The Labute approximate surface area is 85.1 Å². The van der Waals surface area contributed by atoms with Crippen LogP contribution in [0.15, 0.2) is 17.0 Å². The zero-order valence-electron chi connectivity index (χ0n) is 6.40. The third-order valence-electron chi connectivity index (χ3n) is 1.30. The zero-order chi connectivity index (χ0) is 9.14. The summed E-state index contributed by atoms with van der Waals surface area (Å²) in [5, 5.41) is 0.268. The van der Waals surface area contributed by atoms with Gasteiger partial charge in [0.2, 0.25) is 0 Å². The quantitative estimate of drug-likeness (QED) is 0.535. The third kappa shape index (κ3) is 2.06. The van der Waals surface area contributed by atoms with Crippen LogP contribution >= 0.6 is 35.0 Å². The molecule has 1 rings (SSSR count). The highest BCUT2D eigenvalue weighted by Crippen LogP contribution is 2.31. The van der Waals surface area contributed by atoms with Gasteiger partial charge in [-0.05, 0) is 17.9 Å². The van der Waals surface area contributed by atoms with E-state index in [4.69, 9.17) is 23.2 Å². The Bertz CT molecular complexity index is 289. The van der Waals surface area contributed by atoms with E-state index in [-0.39, 0.29) is 10.0 Å². The van der Waals surface area contributed by atoms with Gasteiger partial charge in [0.25, 0.3) is 0 Å². The first-order valence-corrected chi connectivity index (χ1v) is 5.17. The van der Waals surface area contributed by atoms with Gasteiger partial charge < -0.3 is 0 Å². The Morgan fingerprint density at radius 3 is 2.67 bits per heavy atom. The molecule has 0 radical (unpaired) electrons. The lowest BCUT2D eigenvalue weighted by Gasteiger charge is -2.03.